The van der Waals surface area contributed by atoms with Crippen molar-refractivity contribution in [2.24, 2.45) is 10.7 Å². The van der Waals surface area contributed by atoms with E-state index >= 15 is 0 Å². The highest BCUT2D eigenvalue weighted by Gasteiger charge is 2.24. The van der Waals surface area contributed by atoms with Crippen LogP contribution >= 0.6 is 0 Å². The first-order valence-electron chi connectivity index (χ1n) is 8.90. The van der Waals surface area contributed by atoms with E-state index in [2.05, 4.69) is 15.6 Å². The van der Waals surface area contributed by atoms with Crippen LogP contribution < -0.4 is 30.7 Å². The van der Waals surface area contributed by atoms with Crippen LogP contribution in [0.5, 0.6) is 11.5 Å². The van der Waals surface area contributed by atoms with Gasteiger partial charge < -0.3 is 35.2 Å². The molecular formula is C20H17N5O4. The lowest BCUT2D eigenvalue weighted by molar-refractivity contribution is 0.174. The van der Waals surface area contributed by atoms with Crippen molar-refractivity contribution >= 4 is 35.3 Å². The first kappa shape index (κ1) is 17.1. The summed E-state index contributed by atoms with van der Waals surface area (Å²) in [7, 11) is 0. The lowest BCUT2D eigenvalue weighted by atomic mass is 10.2. The fraction of sp³-hybridized carbons (Fsp3) is 0.100. The summed E-state index contributed by atoms with van der Waals surface area (Å²) in [5, 5.41) is 5.56. The van der Waals surface area contributed by atoms with Crippen molar-refractivity contribution in [3.05, 3.63) is 60.4 Å². The summed E-state index contributed by atoms with van der Waals surface area (Å²) in [6.45, 7) is 0.185. The minimum absolute atomic E-state index is 0.185. The van der Waals surface area contributed by atoms with Gasteiger partial charge in [0.15, 0.2) is 11.5 Å². The molecule has 0 fully saturated rings. The van der Waals surface area contributed by atoms with E-state index in [1.54, 1.807) is 49.0 Å². The van der Waals surface area contributed by atoms with Crippen LogP contribution in [0.3, 0.4) is 0 Å². The second-order valence-electron chi connectivity index (χ2n) is 6.47. The molecule has 0 saturated heterocycles. The van der Waals surface area contributed by atoms with E-state index in [1.807, 2.05) is 17.0 Å². The maximum absolute atomic E-state index is 12.3. The van der Waals surface area contributed by atoms with E-state index in [0.717, 1.165) is 11.3 Å². The molecule has 1 unspecified atom stereocenters. The predicted molar refractivity (Wildman–Crippen MR) is 108 cm³/mol. The number of carbonyl (C=O) groups excluding carboxylic acids is 1. The number of furan rings is 1. The quantitative estimate of drug-likeness (QED) is 0.626. The average molecular weight is 391 g/mol. The molecule has 0 radical (unpaired) electrons. The van der Waals surface area contributed by atoms with E-state index in [4.69, 9.17) is 19.6 Å². The molecule has 0 saturated carbocycles. The lowest BCUT2D eigenvalue weighted by Crippen LogP contribution is -2.35. The van der Waals surface area contributed by atoms with Gasteiger partial charge in [0.1, 0.15) is 12.5 Å². The number of rotatable bonds is 3. The summed E-state index contributed by atoms with van der Waals surface area (Å²) in [4.78, 5) is 18.4. The molecule has 2 amide bonds. The maximum Gasteiger partial charge on any atom is 0.323 e. The van der Waals surface area contributed by atoms with Crippen LogP contribution in [0.1, 0.15) is 11.7 Å². The number of amides is 2. The minimum atomic E-state index is -0.394. The van der Waals surface area contributed by atoms with Gasteiger partial charge in [0.05, 0.1) is 11.8 Å². The molecule has 1 aromatic heterocycles. The largest absolute Gasteiger partial charge is 0.454 e. The van der Waals surface area contributed by atoms with Crippen LogP contribution in [-0.4, -0.2) is 19.2 Å². The Morgan fingerprint density at radius 3 is 2.66 bits per heavy atom. The molecule has 0 aliphatic carbocycles. The Morgan fingerprint density at radius 2 is 1.79 bits per heavy atom. The molecule has 5 rings (SSSR count). The van der Waals surface area contributed by atoms with Gasteiger partial charge in [0.2, 0.25) is 12.7 Å². The number of benzene rings is 2. The molecule has 0 spiro atoms. The molecular weight excluding hydrogens is 374 g/mol. The zero-order valence-electron chi connectivity index (χ0n) is 15.2. The third-order valence-corrected chi connectivity index (χ3v) is 4.65. The van der Waals surface area contributed by atoms with Crippen LogP contribution in [0.15, 0.2) is 64.2 Å². The van der Waals surface area contributed by atoms with E-state index in [1.165, 1.54) is 0 Å². The number of carbonyl (C=O) groups is 1. The van der Waals surface area contributed by atoms with Crippen LogP contribution in [0, 0.1) is 0 Å². The van der Waals surface area contributed by atoms with Crippen LogP contribution in [-0.2, 0) is 0 Å². The van der Waals surface area contributed by atoms with Crippen molar-refractivity contribution in [3.63, 3.8) is 0 Å². The second kappa shape index (κ2) is 6.88. The van der Waals surface area contributed by atoms with Gasteiger partial charge in [-0.25, -0.2) is 9.79 Å². The Kier molecular flexibility index (Phi) is 4.07. The minimum Gasteiger partial charge on any atom is -0.454 e. The SMILES string of the molecule is NC1c2ccoc2N=CN1c1ccc(NC(=O)Nc2ccc3c(c2)OCO3)cc1. The van der Waals surface area contributed by atoms with Crippen molar-refractivity contribution < 1.29 is 18.7 Å². The number of anilines is 3. The highest BCUT2D eigenvalue weighted by atomic mass is 16.7. The highest BCUT2D eigenvalue weighted by molar-refractivity contribution is 6.00. The number of nitrogens with two attached hydrogens (primary N) is 1. The summed E-state index contributed by atoms with van der Waals surface area (Å²) >= 11 is 0. The van der Waals surface area contributed by atoms with Gasteiger partial charge >= 0.3 is 6.03 Å². The fourth-order valence-electron chi connectivity index (χ4n) is 3.19. The number of hydrogen-bond acceptors (Lipinski definition) is 7. The van der Waals surface area contributed by atoms with Gasteiger partial charge in [-0.15, -0.1) is 0 Å². The molecule has 2 aliphatic heterocycles. The van der Waals surface area contributed by atoms with E-state index in [9.17, 15) is 4.79 Å². The van der Waals surface area contributed by atoms with Gasteiger partial charge in [0.25, 0.3) is 0 Å². The number of ether oxygens (including phenoxy) is 2. The molecule has 2 aliphatic rings. The first-order chi connectivity index (χ1) is 14.2. The first-order valence-corrected chi connectivity index (χ1v) is 8.90. The van der Waals surface area contributed by atoms with Crippen molar-refractivity contribution in [1.82, 2.24) is 0 Å². The number of urea groups is 1. The second-order valence-corrected chi connectivity index (χ2v) is 6.47. The predicted octanol–water partition coefficient (Wildman–Crippen LogP) is 3.79. The Bertz CT molecular complexity index is 1090. The van der Waals surface area contributed by atoms with Crippen molar-refractivity contribution in [3.8, 4) is 11.5 Å². The van der Waals surface area contributed by atoms with Crippen LogP contribution in [0.4, 0.5) is 27.7 Å². The zero-order valence-corrected chi connectivity index (χ0v) is 15.2. The molecule has 3 aromatic rings. The number of fused-ring (bicyclic) bond motifs is 2. The van der Waals surface area contributed by atoms with Crippen LogP contribution in [0.25, 0.3) is 0 Å². The Labute approximate surface area is 165 Å². The summed E-state index contributed by atoms with van der Waals surface area (Å²) in [6.07, 6.45) is 2.80. The Morgan fingerprint density at radius 1 is 1.03 bits per heavy atom. The molecule has 4 N–H and O–H groups in total. The third-order valence-electron chi connectivity index (χ3n) is 4.65. The smallest absolute Gasteiger partial charge is 0.323 e. The Hall–Kier alpha value is -3.98. The zero-order chi connectivity index (χ0) is 19.8. The standard InChI is InChI=1S/C20H17N5O4/c21-18-15-7-8-27-19(15)22-10-25(18)14-4-1-12(2-5-14)23-20(26)24-13-3-6-16-17(9-13)29-11-28-16/h1-10,18H,11,21H2,(H2,23,24,26). The summed E-state index contributed by atoms with van der Waals surface area (Å²) in [6, 6.07) is 13.9. The van der Waals surface area contributed by atoms with Gasteiger partial charge in [-0.3, -0.25) is 0 Å². The molecule has 9 heteroatoms. The molecule has 2 aromatic carbocycles. The molecule has 9 nitrogen and oxygen atoms in total. The Balaban J connectivity index is 1.24. The summed E-state index contributed by atoms with van der Waals surface area (Å²) < 4.78 is 15.8. The maximum atomic E-state index is 12.3. The topological polar surface area (TPSA) is 114 Å². The van der Waals surface area contributed by atoms with Crippen molar-refractivity contribution in [1.29, 1.82) is 0 Å². The monoisotopic (exact) mass is 391 g/mol. The molecule has 29 heavy (non-hydrogen) atoms. The molecule has 3 heterocycles. The number of hydrogen-bond donors (Lipinski definition) is 3. The average Bonchev–Trinajstić information content (AvgIpc) is 3.38. The number of nitrogens with zero attached hydrogens (tertiary/aromatic N) is 2. The van der Waals surface area contributed by atoms with Crippen molar-refractivity contribution in [2.45, 2.75) is 6.17 Å². The number of nitrogens with one attached hydrogen (secondary N) is 2. The molecule has 0 bridgehead atoms. The lowest BCUT2D eigenvalue weighted by Gasteiger charge is -2.29. The van der Waals surface area contributed by atoms with Crippen LogP contribution in [0.2, 0.25) is 0 Å². The normalized spacial score (nSPS) is 16.4. The summed E-state index contributed by atoms with van der Waals surface area (Å²) in [5.74, 6) is 1.79. The van der Waals surface area contributed by atoms with Gasteiger partial charge in [0, 0.05) is 23.1 Å². The van der Waals surface area contributed by atoms with E-state index in [0.29, 0.717) is 28.8 Å². The summed E-state index contributed by atoms with van der Waals surface area (Å²) in [5.41, 5.74) is 9.19. The van der Waals surface area contributed by atoms with Gasteiger partial charge in [-0.1, -0.05) is 0 Å². The van der Waals surface area contributed by atoms with E-state index in [-0.39, 0.29) is 12.8 Å². The highest BCUT2D eigenvalue weighted by Crippen LogP contribution is 2.35. The third kappa shape index (κ3) is 3.23. The van der Waals surface area contributed by atoms with Gasteiger partial charge in [-0.05, 0) is 42.5 Å². The number of aliphatic imine (C=N–C) groups is 1. The molecule has 146 valence electrons. The van der Waals surface area contributed by atoms with E-state index < -0.39 is 6.17 Å². The van der Waals surface area contributed by atoms with Crippen molar-refractivity contribution in [2.75, 3.05) is 22.3 Å². The fourth-order valence-corrected chi connectivity index (χ4v) is 3.19. The van der Waals surface area contributed by atoms with Gasteiger partial charge in [-0.2, -0.15) is 0 Å². The molecule has 1 atom stereocenters.